The number of hydrogen-bond donors (Lipinski definition) is 0. The smallest absolute Gasteiger partial charge is 0.275 e. The van der Waals surface area contributed by atoms with Gasteiger partial charge in [0.1, 0.15) is 6.54 Å². The van der Waals surface area contributed by atoms with Gasteiger partial charge in [-0.1, -0.05) is 25.1 Å². The van der Waals surface area contributed by atoms with Gasteiger partial charge in [-0.25, -0.2) is 4.68 Å². The number of likely N-dealkylation sites (tertiary alicyclic amines) is 1. The first-order valence-electron chi connectivity index (χ1n) is 9.77. The number of rotatable bonds is 4. The number of carbonyl (C=O) groups excluding carboxylic acids is 1. The van der Waals surface area contributed by atoms with Gasteiger partial charge in [0.25, 0.3) is 5.56 Å². The number of nitrogens with zero attached hydrogens (tertiary/aromatic N) is 4. The van der Waals surface area contributed by atoms with E-state index < -0.39 is 0 Å². The lowest BCUT2D eigenvalue weighted by Gasteiger charge is -2.31. The van der Waals surface area contributed by atoms with Crippen LogP contribution in [0.25, 0.3) is 10.8 Å². The molecule has 1 atom stereocenters. The first-order valence-corrected chi connectivity index (χ1v) is 9.77. The van der Waals surface area contributed by atoms with Gasteiger partial charge in [-0.15, -0.1) is 0 Å². The molecule has 1 fully saturated rings. The molecule has 0 unspecified atom stereocenters. The molecule has 1 aliphatic heterocycles. The van der Waals surface area contributed by atoms with E-state index >= 15 is 0 Å². The van der Waals surface area contributed by atoms with Gasteiger partial charge >= 0.3 is 0 Å². The first kappa shape index (κ1) is 18.3. The molecule has 1 saturated heterocycles. The third-order valence-corrected chi connectivity index (χ3v) is 5.36. The molecule has 1 amide bonds. The summed E-state index contributed by atoms with van der Waals surface area (Å²) < 4.78 is 1.33. The Morgan fingerprint density at radius 2 is 1.89 bits per heavy atom. The quantitative estimate of drug-likeness (QED) is 0.702. The summed E-state index contributed by atoms with van der Waals surface area (Å²) in [5.74, 6) is 0.465. The molecule has 0 bridgehead atoms. The minimum absolute atomic E-state index is 0.0142. The molecular formula is C22H24N4O2. The zero-order valence-corrected chi connectivity index (χ0v) is 16.0. The Hall–Kier alpha value is -3.02. The first-order chi connectivity index (χ1) is 13.6. The minimum Gasteiger partial charge on any atom is -0.341 e. The summed E-state index contributed by atoms with van der Waals surface area (Å²) in [6, 6.07) is 11.3. The predicted octanol–water partition coefficient (Wildman–Crippen LogP) is 2.64. The number of carbonyl (C=O) groups is 1. The zero-order chi connectivity index (χ0) is 19.5. The Bertz CT molecular complexity index is 1050. The number of benzene rings is 1. The van der Waals surface area contributed by atoms with Crippen LogP contribution in [-0.2, 0) is 17.8 Å². The van der Waals surface area contributed by atoms with E-state index in [-0.39, 0.29) is 18.0 Å². The molecule has 0 radical (unpaired) electrons. The SMILES string of the molecule is C[C@H]1CCCN(C(=O)Cn2nc(Cc3ccncc3)c3ccccc3c2=O)C1. The molecule has 1 aromatic carbocycles. The van der Waals surface area contributed by atoms with Crippen LogP contribution in [0.4, 0.5) is 0 Å². The van der Waals surface area contributed by atoms with E-state index in [4.69, 9.17) is 0 Å². The molecule has 2 aromatic heterocycles. The van der Waals surface area contributed by atoms with Crippen LogP contribution in [0.2, 0.25) is 0 Å². The van der Waals surface area contributed by atoms with Crippen LogP contribution in [0.15, 0.2) is 53.6 Å². The largest absolute Gasteiger partial charge is 0.341 e. The Labute approximate surface area is 163 Å². The third kappa shape index (κ3) is 3.81. The molecule has 1 aliphatic rings. The van der Waals surface area contributed by atoms with Gasteiger partial charge in [-0.05, 0) is 42.5 Å². The van der Waals surface area contributed by atoms with Gasteiger partial charge in [-0.3, -0.25) is 14.6 Å². The summed E-state index contributed by atoms with van der Waals surface area (Å²) in [6.07, 6.45) is 6.23. The van der Waals surface area contributed by atoms with Crippen molar-refractivity contribution in [1.82, 2.24) is 19.7 Å². The van der Waals surface area contributed by atoms with E-state index in [0.29, 0.717) is 17.7 Å². The average Bonchev–Trinajstić information content (AvgIpc) is 2.72. The molecule has 4 rings (SSSR count). The number of piperidine rings is 1. The highest BCUT2D eigenvalue weighted by Crippen LogP contribution is 2.18. The summed E-state index contributed by atoms with van der Waals surface area (Å²) in [6.45, 7) is 3.66. The fraction of sp³-hybridized carbons (Fsp3) is 0.364. The molecule has 0 N–H and O–H groups in total. The molecule has 3 heterocycles. The molecule has 0 aliphatic carbocycles. The fourth-order valence-electron chi connectivity index (χ4n) is 3.88. The van der Waals surface area contributed by atoms with Crippen molar-refractivity contribution in [1.29, 1.82) is 0 Å². The van der Waals surface area contributed by atoms with Crippen molar-refractivity contribution in [2.45, 2.75) is 32.7 Å². The number of amides is 1. The summed E-state index contributed by atoms with van der Waals surface area (Å²) in [7, 11) is 0. The van der Waals surface area contributed by atoms with Crippen molar-refractivity contribution in [2.75, 3.05) is 13.1 Å². The number of fused-ring (bicyclic) bond motifs is 1. The maximum atomic E-state index is 12.9. The van der Waals surface area contributed by atoms with Crippen LogP contribution in [0.1, 0.15) is 31.0 Å². The highest BCUT2D eigenvalue weighted by Gasteiger charge is 2.22. The van der Waals surface area contributed by atoms with Crippen LogP contribution in [0.5, 0.6) is 0 Å². The molecule has 6 heteroatoms. The Kier molecular flexibility index (Phi) is 5.19. The maximum Gasteiger partial charge on any atom is 0.275 e. The van der Waals surface area contributed by atoms with Gasteiger partial charge in [0.05, 0.1) is 11.1 Å². The number of aromatic nitrogens is 3. The summed E-state index contributed by atoms with van der Waals surface area (Å²) in [5.41, 5.74) is 1.64. The zero-order valence-electron chi connectivity index (χ0n) is 16.0. The maximum absolute atomic E-state index is 12.9. The van der Waals surface area contributed by atoms with Crippen molar-refractivity contribution in [3.05, 3.63) is 70.4 Å². The highest BCUT2D eigenvalue weighted by molar-refractivity contribution is 5.84. The normalized spacial score (nSPS) is 17.0. The molecule has 144 valence electrons. The molecule has 0 spiro atoms. The van der Waals surface area contributed by atoms with Crippen LogP contribution in [0, 0.1) is 5.92 Å². The predicted molar refractivity (Wildman–Crippen MR) is 108 cm³/mol. The van der Waals surface area contributed by atoms with E-state index in [1.165, 1.54) is 4.68 Å². The highest BCUT2D eigenvalue weighted by atomic mass is 16.2. The van der Waals surface area contributed by atoms with E-state index in [9.17, 15) is 9.59 Å². The summed E-state index contributed by atoms with van der Waals surface area (Å²) >= 11 is 0. The van der Waals surface area contributed by atoms with Crippen molar-refractivity contribution < 1.29 is 4.79 Å². The van der Waals surface area contributed by atoms with Crippen LogP contribution >= 0.6 is 0 Å². The van der Waals surface area contributed by atoms with Crippen LogP contribution < -0.4 is 5.56 Å². The summed E-state index contributed by atoms with van der Waals surface area (Å²) in [4.78, 5) is 31.6. The Morgan fingerprint density at radius 3 is 2.64 bits per heavy atom. The van der Waals surface area contributed by atoms with Gasteiger partial charge in [0.2, 0.25) is 5.91 Å². The van der Waals surface area contributed by atoms with Crippen LogP contribution in [0.3, 0.4) is 0 Å². The third-order valence-electron chi connectivity index (χ3n) is 5.36. The van der Waals surface area contributed by atoms with Gasteiger partial charge in [0.15, 0.2) is 0 Å². The van der Waals surface area contributed by atoms with E-state index in [1.54, 1.807) is 18.5 Å². The van der Waals surface area contributed by atoms with E-state index in [1.807, 2.05) is 35.2 Å². The Balaban J connectivity index is 1.69. The monoisotopic (exact) mass is 376 g/mol. The number of hydrogen-bond acceptors (Lipinski definition) is 4. The second kappa shape index (κ2) is 7.92. The molecule has 0 saturated carbocycles. The fourth-order valence-corrected chi connectivity index (χ4v) is 3.88. The van der Waals surface area contributed by atoms with E-state index in [2.05, 4.69) is 17.0 Å². The van der Waals surface area contributed by atoms with Gasteiger partial charge < -0.3 is 4.90 Å². The van der Waals surface area contributed by atoms with E-state index in [0.717, 1.165) is 42.6 Å². The van der Waals surface area contributed by atoms with Crippen LogP contribution in [-0.4, -0.2) is 38.7 Å². The standard InChI is InChI=1S/C22H24N4O2/c1-16-5-4-12-25(14-16)21(27)15-26-22(28)19-7-3-2-6-18(19)20(24-26)13-17-8-10-23-11-9-17/h2-3,6-11,16H,4-5,12-15H2,1H3/t16-/m0/s1. The lowest BCUT2D eigenvalue weighted by atomic mass is 10.0. The average molecular weight is 376 g/mol. The van der Waals surface area contributed by atoms with Gasteiger partial charge in [-0.2, -0.15) is 5.10 Å². The lowest BCUT2D eigenvalue weighted by Crippen LogP contribution is -2.42. The Morgan fingerprint density at radius 1 is 1.14 bits per heavy atom. The van der Waals surface area contributed by atoms with Crippen molar-refractivity contribution in [3.63, 3.8) is 0 Å². The van der Waals surface area contributed by atoms with Crippen molar-refractivity contribution in [2.24, 2.45) is 5.92 Å². The lowest BCUT2D eigenvalue weighted by molar-refractivity contribution is -0.133. The number of pyridine rings is 1. The second-order valence-corrected chi connectivity index (χ2v) is 7.57. The molecule has 6 nitrogen and oxygen atoms in total. The van der Waals surface area contributed by atoms with Crippen molar-refractivity contribution in [3.8, 4) is 0 Å². The second-order valence-electron chi connectivity index (χ2n) is 7.57. The van der Waals surface area contributed by atoms with Crippen molar-refractivity contribution >= 4 is 16.7 Å². The minimum atomic E-state index is -0.215. The molecule has 28 heavy (non-hydrogen) atoms. The van der Waals surface area contributed by atoms with Gasteiger partial charge in [0, 0.05) is 37.3 Å². The topological polar surface area (TPSA) is 68.1 Å². The summed E-state index contributed by atoms with van der Waals surface area (Å²) in [5, 5.41) is 6.02. The molecule has 3 aromatic rings. The molecular weight excluding hydrogens is 352 g/mol.